The molecule has 1 aromatic carbocycles. The summed E-state index contributed by atoms with van der Waals surface area (Å²) in [5, 5.41) is 9.59. The third kappa shape index (κ3) is 4.58. The molecule has 1 N–H and O–H groups in total. The number of aliphatic hydroxyl groups excluding tert-OH is 1. The zero-order valence-electron chi connectivity index (χ0n) is 16.4. The van der Waals surface area contributed by atoms with Crippen molar-refractivity contribution in [2.24, 2.45) is 5.92 Å². The standard InChI is InChI=1S/C24H25NO3/c1-16(2)23(19-6-10-21(26)11-7-19)17(3)18-8-12-22(13-9-18)28-24(27)20-5-4-14-25-15-20/h4-6,8-17,26H,7H2,1-3H3. The number of rotatable bonds is 5. The van der Waals surface area contributed by atoms with Gasteiger partial charge in [-0.15, -0.1) is 0 Å². The Balaban J connectivity index is 1.77. The largest absolute Gasteiger partial charge is 0.508 e. The highest BCUT2D eigenvalue weighted by Gasteiger charge is 2.19. The van der Waals surface area contributed by atoms with Crippen molar-refractivity contribution in [1.29, 1.82) is 0 Å². The predicted molar refractivity (Wildman–Crippen MR) is 110 cm³/mol. The van der Waals surface area contributed by atoms with E-state index in [1.807, 2.05) is 36.4 Å². The first kappa shape index (κ1) is 19.6. The minimum absolute atomic E-state index is 0.219. The topological polar surface area (TPSA) is 59.4 Å². The number of hydrogen-bond donors (Lipinski definition) is 1. The maximum Gasteiger partial charge on any atom is 0.345 e. The fourth-order valence-corrected chi connectivity index (χ4v) is 3.55. The van der Waals surface area contributed by atoms with E-state index in [1.54, 1.807) is 24.4 Å². The molecule has 0 fully saturated rings. The summed E-state index contributed by atoms with van der Waals surface area (Å²) in [7, 11) is 0. The SMILES string of the molecule is CC(C)C(=C1C=CC(O)=CC1)C(C)c1ccc(OC(=O)c2cccnc2)cc1. The third-order valence-corrected chi connectivity index (χ3v) is 4.93. The smallest absolute Gasteiger partial charge is 0.345 e. The molecule has 0 spiro atoms. The van der Waals surface area contributed by atoms with Gasteiger partial charge in [-0.05, 0) is 59.9 Å². The van der Waals surface area contributed by atoms with Crippen LogP contribution in [-0.2, 0) is 0 Å². The van der Waals surface area contributed by atoms with Crippen LogP contribution in [0.4, 0.5) is 0 Å². The number of aliphatic hydroxyl groups is 1. The van der Waals surface area contributed by atoms with Gasteiger partial charge in [-0.2, -0.15) is 0 Å². The third-order valence-electron chi connectivity index (χ3n) is 4.93. The van der Waals surface area contributed by atoms with E-state index in [2.05, 4.69) is 25.8 Å². The summed E-state index contributed by atoms with van der Waals surface area (Å²) in [6, 6.07) is 11.0. The van der Waals surface area contributed by atoms with Crippen molar-refractivity contribution >= 4 is 5.97 Å². The molecule has 1 aliphatic carbocycles. The van der Waals surface area contributed by atoms with Crippen molar-refractivity contribution in [1.82, 2.24) is 4.98 Å². The van der Waals surface area contributed by atoms with Crippen LogP contribution in [0, 0.1) is 5.92 Å². The lowest BCUT2D eigenvalue weighted by atomic mass is 9.81. The number of carbonyl (C=O) groups is 1. The van der Waals surface area contributed by atoms with E-state index in [4.69, 9.17) is 4.74 Å². The van der Waals surface area contributed by atoms with Gasteiger partial charge in [-0.1, -0.05) is 44.6 Å². The number of benzene rings is 1. The van der Waals surface area contributed by atoms with Crippen LogP contribution in [0.1, 0.15) is 49.0 Å². The van der Waals surface area contributed by atoms with Crippen molar-refractivity contribution in [3.8, 4) is 5.75 Å². The summed E-state index contributed by atoms with van der Waals surface area (Å²) >= 11 is 0. The normalized spacial score (nSPS) is 16.5. The minimum Gasteiger partial charge on any atom is -0.508 e. The molecule has 28 heavy (non-hydrogen) atoms. The van der Waals surface area contributed by atoms with Crippen molar-refractivity contribution in [3.63, 3.8) is 0 Å². The van der Waals surface area contributed by atoms with Crippen LogP contribution in [0.5, 0.6) is 5.75 Å². The van der Waals surface area contributed by atoms with Crippen LogP contribution >= 0.6 is 0 Å². The lowest BCUT2D eigenvalue weighted by Gasteiger charge is -2.24. The van der Waals surface area contributed by atoms with Gasteiger partial charge in [0, 0.05) is 18.3 Å². The second-order valence-corrected chi connectivity index (χ2v) is 7.22. The lowest BCUT2D eigenvalue weighted by molar-refractivity contribution is 0.0734. The number of carbonyl (C=O) groups excluding carboxylic acids is 1. The first-order valence-electron chi connectivity index (χ1n) is 9.48. The van der Waals surface area contributed by atoms with Crippen LogP contribution in [0.3, 0.4) is 0 Å². The van der Waals surface area contributed by atoms with Crippen molar-refractivity contribution < 1.29 is 14.6 Å². The molecule has 0 aliphatic heterocycles. The Morgan fingerprint density at radius 1 is 1.11 bits per heavy atom. The van der Waals surface area contributed by atoms with Gasteiger partial charge in [0.05, 0.1) is 5.56 Å². The van der Waals surface area contributed by atoms with E-state index in [9.17, 15) is 9.90 Å². The van der Waals surface area contributed by atoms with E-state index < -0.39 is 5.97 Å². The van der Waals surface area contributed by atoms with Gasteiger partial charge in [0.2, 0.25) is 0 Å². The van der Waals surface area contributed by atoms with Crippen molar-refractivity contribution in [3.05, 3.63) is 95.1 Å². The molecule has 0 saturated heterocycles. The van der Waals surface area contributed by atoms with Crippen LogP contribution in [-0.4, -0.2) is 16.1 Å². The van der Waals surface area contributed by atoms with Crippen LogP contribution in [0.2, 0.25) is 0 Å². The monoisotopic (exact) mass is 375 g/mol. The molecule has 4 heteroatoms. The summed E-state index contributed by atoms with van der Waals surface area (Å²) in [6.45, 7) is 6.56. The van der Waals surface area contributed by atoms with Crippen LogP contribution in [0.15, 0.2) is 83.9 Å². The molecule has 1 aromatic heterocycles. The predicted octanol–water partition coefficient (Wildman–Crippen LogP) is 5.76. The molecule has 144 valence electrons. The molecular formula is C24H25NO3. The maximum atomic E-state index is 12.2. The quantitative estimate of drug-likeness (QED) is 0.533. The Kier molecular flexibility index (Phi) is 6.09. The second kappa shape index (κ2) is 8.70. The molecule has 2 aromatic rings. The number of aromatic nitrogens is 1. The van der Waals surface area contributed by atoms with Gasteiger partial charge < -0.3 is 9.84 Å². The van der Waals surface area contributed by atoms with Gasteiger partial charge in [0.25, 0.3) is 0 Å². The highest BCUT2D eigenvalue weighted by Crippen LogP contribution is 2.35. The summed E-state index contributed by atoms with van der Waals surface area (Å²) in [4.78, 5) is 16.1. The second-order valence-electron chi connectivity index (χ2n) is 7.22. The fraction of sp³-hybridized carbons (Fsp3) is 0.250. The Hall–Kier alpha value is -3.14. The zero-order valence-corrected chi connectivity index (χ0v) is 16.4. The van der Waals surface area contributed by atoms with E-state index >= 15 is 0 Å². The first-order chi connectivity index (χ1) is 13.5. The van der Waals surface area contributed by atoms with Crippen LogP contribution < -0.4 is 4.74 Å². The summed E-state index contributed by atoms with van der Waals surface area (Å²) in [5.74, 6) is 1.01. The summed E-state index contributed by atoms with van der Waals surface area (Å²) in [5.41, 5.74) is 4.17. The van der Waals surface area contributed by atoms with Gasteiger partial charge in [0.1, 0.15) is 11.5 Å². The number of nitrogens with zero attached hydrogens (tertiary/aromatic N) is 1. The minimum atomic E-state index is -0.419. The average molecular weight is 375 g/mol. The van der Waals surface area contributed by atoms with E-state index in [0.29, 0.717) is 23.0 Å². The first-order valence-corrected chi connectivity index (χ1v) is 9.48. The van der Waals surface area contributed by atoms with E-state index in [0.717, 1.165) is 12.0 Å². The molecule has 0 radical (unpaired) electrons. The number of hydrogen-bond acceptors (Lipinski definition) is 4. The number of esters is 1. The molecule has 1 unspecified atom stereocenters. The molecule has 4 nitrogen and oxygen atoms in total. The van der Waals surface area contributed by atoms with Gasteiger partial charge in [-0.3, -0.25) is 4.98 Å². The Bertz CT molecular complexity index is 922. The number of pyridine rings is 1. The molecular weight excluding hydrogens is 350 g/mol. The molecule has 1 atom stereocenters. The average Bonchev–Trinajstić information content (AvgIpc) is 2.70. The van der Waals surface area contributed by atoms with Crippen molar-refractivity contribution in [2.75, 3.05) is 0 Å². The Morgan fingerprint density at radius 2 is 1.86 bits per heavy atom. The summed E-state index contributed by atoms with van der Waals surface area (Å²) in [6.07, 6.45) is 9.43. The molecule has 3 rings (SSSR count). The fourth-order valence-electron chi connectivity index (χ4n) is 3.55. The Labute approximate surface area is 165 Å². The molecule has 0 saturated carbocycles. The lowest BCUT2D eigenvalue weighted by Crippen LogP contribution is -2.10. The number of allylic oxidation sites excluding steroid dienone is 5. The number of ether oxygens (including phenoxy) is 1. The molecule has 0 amide bonds. The molecule has 0 bridgehead atoms. The van der Waals surface area contributed by atoms with Crippen molar-refractivity contribution in [2.45, 2.75) is 33.1 Å². The highest BCUT2D eigenvalue weighted by molar-refractivity contribution is 5.90. The van der Waals surface area contributed by atoms with Gasteiger partial charge in [0.15, 0.2) is 0 Å². The van der Waals surface area contributed by atoms with Crippen LogP contribution in [0.25, 0.3) is 0 Å². The highest BCUT2D eigenvalue weighted by atomic mass is 16.5. The molecule has 1 heterocycles. The Morgan fingerprint density at radius 3 is 2.43 bits per heavy atom. The summed E-state index contributed by atoms with van der Waals surface area (Å²) < 4.78 is 5.43. The van der Waals surface area contributed by atoms with E-state index in [-0.39, 0.29) is 5.92 Å². The van der Waals surface area contributed by atoms with Gasteiger partial charge >= 0.3 is 5.97 Å². The maximum absolute atomic E-state index is 12.2. The van der Waals surface area contributed by atoms with Gasteiger partial charge in [-0.25, -0.2) is 4.79 Å². The molecule has 1 aliphatic rings. The van der Waals surface area contributed by atoms with E-state index in [1.165, 1.54) is 17.3 Å². The zero-order chi connectivity index (χ0) is 20.1.